The number of benzene rings is 2. The second kappa shape index (κ2) is 6.65. The molecule has 4 aromatic rings. The van der Waals surface area contributed by atoms with Crippen LogP contribution in [0, 0.1) is 5.82 Å². The molecule has 4 rings (SSSR count). The van der Waals surface area contributed by atoms with Crippen molar-refractivity contribution in [3.8, 4) is 11.5 Å². The fraction of sp³-hybridized carbons (Fsp3) is 0.0526. The Morgan fingerprint density at radius 1 is 1.12 bits per heavy atom. The molecule has 2 aromatic heterocycles. The maximum absolute atomic E-state index is 13.8. The van der Waals surface area contributed by atoms with Gasteiger partial charge in [0.1, 0.15) is 17.1 Å². The van der Waals surface area contributed by atoms with E-state index in [2.05, 4.69) is 10.5 Å². The molecule has 0 radical (unpaired) electrons. The topological polar surface area (TPSA) is 68.3 Å². The van der Waals surface area contributed by atoms with E-state index in [1.54, 1.807) is 6.07 Å². The molecule has 0 saturated heterocycles. The summed E-state index contributed by atoms with van der Waals surface area (Å²) in [5.74, 6) is -0.331. The molecular formula is C19H12ClFN2O3. The Labute approximate surface area is 152 Å². The Morgan fingerprint density at radius 3 is 2.77 bits per heavy atom. The molecule has 2 aromatic carbocycles. The Morgan fingerprint density at radius 2 is 1.96 bits per heavy atom. The molecule has 0 bridgehead atoms. The van der Waals surface area contributed by atoms with Gasteiger partial charge in [-0.3, -0.25) is 4.79 Å². The Hall–Kier alpha value is -3.12. The number of para-hydroxylation sites is 1. The number of fused-ring (bicyclic) bond motifs is 1. The molecule has 5 nitrogen and oxygen atoms in total. The zero-order valence-electron chi connectivity index (χ0n) is 13.3. The summed E-state index contributed by atoms with van der Waals surface area (Å²) in [6.07, 6.45) is 0. The monoisotopic (exact) mass is 370 g/mol. The molecule has 1 N–H and O–H groups in total. The predicted molar refractivity (Wildman–Crippen MR) is 94.3 cm³/mol. The number of nitrogens with zero attached hydrogens (tertiary/aromatic N) is 1. The first kappa shape index (κ1) is 16.4. The van der Waals surface area contributed by atoms with Crippen LogP contribution in [0.2, 0.25) is 5.02 Å². The van der Waals surface area contributed by atoms with Gasteiger partial charge < -0.3 is 14.3 Å². The third-order valence-electron chi connectivity index (χ3n) is 3.85. The molecule has 0 aliphatic rings. The molecule has 0 fully saturated rings. The minimum Gasteiger partial charge on any atom is -0.453 e. The summed E-state index contributed by atoms with van der Waals surface area (Å²) in [6.45, 7) is 0.0627. The minimum atomic E-state index is -0.682. The number of aromatic nitrogens is 1. The Kier molecular flexibility index (Phi) is 4.18. The number of carbonyl (C=O) groups excluding carboxylic acids is 1. The van der Waals surface area contributed by atoms with Gasteiger partial charge in [-0.2, -0.15) is 0 Å². The highest BCUT2D eigenvalue weighted by atomic mass is 35.5. The van der Waals surface area contributed by atoms with Gasteiger partial charge in [-0.1, -0.05) is 41.0 Å². The molecule has 130 valence electrons. The van der Waals surface area contributed by atoms with Crippen LogP contribution in [0.15, 0.2) is 63.5 Å². The Bertz CT molecular complexity index is 1050. The van der Waals surface area contributed by atoms with Gasteiger partial charge in [0.15, 0.2) is 5.76 Å². The number of carbonyl (C=O) groups is 1. The molecular weight excluding hydrogens is 359 g/mol. The number of furan rings is 1. The lowest BCUT2D eigenvalue weighted by molar-refractivity contribution is 0.0946. The van der Waals surface area contributed by atoms with Crippen LogP contribution in [0.5, 0.6) is 0 Å². The largest absolute Gasteiger partial charge is 0.453 e. The number of halogens is 2. The van der Waals surface area contributed by atoms with Crippen molar-refractivity contribution in [3.63, 3.8) is 0 Å². The van der Waals surface area contributed by atoms with Gasteiger partial charge in [0.2, 0.25) is 5.76 Å². The number of hydrogen-bond acceptors (Lipinski definition) is 4. The fourth-order valence-corrected chi connectivity index (χ4v) is 2.84. The first-order valence-electron chi connectivity index (χ1n) is 7.78. The van der Waals surface area contributed by atoms with Gasteiger partial charge in [0.25, 0.3) is 5.91 Å². The maximum Gasteiger partial charge on any atom is 0.256 e. The van der Waals surface area contributed by atoms with Crippen molar-refractivity contribution in [2.75, 3.05) is 0 Å². The van der Waals surface area contributed by atoms with Crippen LogP contribution in [0.25, 0.3) is 22.5 Å². The number of rotatable bonds is 4. The first-order valence-corrected chi connectivity index (χ1v) is 8.16. The third kappa shape index (κ3) is 3.07. The van der Waals surface area contributed by atoms with Crippen molar-refractivity contribution >= 4 is 28.5 Å². The molecule has 26 heavy (non-hydrogen) atoms. The molecule has 1 amide bonds. The standard InChI is InChI=1S/C19H12ClFN2O3/c20-13-5-3-6-14(21)18(13)19(24)22-10-12-9-17(26-23-12)16-8-11-4-1-2-7-15(11)25-16/h1-9H,10H2,(H,22,24). The van der Waals surface area contributed by atoms with Crippen molar-refractivity contribution in [3.05, 3.63) is 76.7 Å². The SMILES string of the molecule is O=C(NCc1cc(-c2cc3ccccc3o2)on1)c1c(F)cccc1Cl. The summed E-state index contributed by atoms with van der Waals surface area (Å²) in [5.41, 5.74) is 1.01. The van der Waals surface area contributed by atoms with Gasteiger partial charge in [-0.05, 0) is 24.3 Å². The second-order valence-electron chi connectivity index (χ2n) is 5.61. The lowest BCUT2D eigenvalue weighted by atomic mass is 10.2. The van der Waals surface area contributed by atoms with Gasteiger partial charge >= 0.3 is 0 Å². The highest BCUT2D eigenvalue weighted by molar-refractivity contribution is 6.33. The van der Waals surface area contributed by atoms with E-state index in [1.807, 2.05) is 30.3 Å². The van der Waals surface area contributed by atoms with Crippen molar-refractivity contribution in [1.29, 1.82) is 0 Å². The summed E-state index contributed by atoms with van der Waals surface area (Å²) >= 11 is 5.88. The second-order valence-corrected chi connectivity index (χ2v) is 6.02. The molecule has 2 heterocycles. The van der Waals surface area contributed by atoms with E-state index in [-0.39, 0.29) is 17.1 Å². The van der Waals surface area contributed by atoms with Gasteiger partial charge in [-0.25, -0.2) is 4.39 Å². The van der Waals surface area contributed by atoms with E-state index < -0.39 is 11.7 Å². The van der Waals surface area contributed by atoms with E-state index in [4.69, 9.17) is 20.5 Å². The lowest BCUT2D eigenvalue weighted by Gasteiger charge is -2.05. The quantitative estimate of drug-likeness (QED) is 0.559. The summed E-state index contributed by atoms with van der Waals surface area (Å²) < 4.78 is 24.7. The van der Waals surface area contributed by atoms with Crippen molar-refractivity contribution < 1.29 is 18.1 Å². The van der Waals surface area contributed by atoms with Crippen molar-refractivity contribution in [1.82, 2.24) is 10.5 Å². The van der Waals surface area contributed by atoms with Crippen LogP contribution in [-0.4, -0.2) is 11.1 Å². The van der Waals surface area contributed by atoms with E-state index in [0.717, 1.165) is 11.0 Å². The zero-order chi connectivity index (χ0) is 18.1. The molecule has 0 aliphatic carbocycles. The average Bonchev–Trinajstić information content (AvgIpc) is 3.26. The summed E-state index contributed by atoms with van der Waals surface area (Å²) in [5, 5.41) is 7.46. The molecule has 0 aliphatic heterocycles. The number of nitrogens with one attached hydrogen (secondary N) is 1. The smallest absolute Gasteiger partial charge is 0.256 e. The van der Waals surface area contributed by atoms with E-state index >= 15 is 0 Å². The van der Waals surface area contributed by atoms with Crippen LogP contribution in [-0.2, 0) is 6.54 Å². The molecule has 0 spiro atoms. The molecule has 0 atom stereocenters. The molecule has 0 saturated carbocycles. The zero-order valence-corrected chi connectivity index (χ0v) is 14.1. The summed E-state index contributed by atoms with van der Waals surface area (Å²) in [7, 11) is 0. The van der Waals surface area contributed by atoms with Gasteiger partial charge in [0.05, 0.1) is 17.1 Å². The predicted octanol–water partition coefficient (Wildman–Crippen LogP) is 4.81. The van der Waals surface area contributed by atoms with Gasteiger partial charge in [0, 0.05) is 11.5 Å². The highest BCUT2D eigenvalue weighted by Crippen LogP contribution is 2.28. The van der Waals surface area contributed by atoms with Crippen molar-refractivity contribution in [2.24, 2.45) is 0 Å². The van der Waals surface area contributed by atoms with Crippen molar-refractivity contribution in [2.45, 2.75) is 6.54 Å². The number of amides is 1. The lowest BCUT2D eigenvalue weighted by Crippen LogP contribution is -2.24. The summed E-state index contributed by atoms with van der Waals surface area (Å²) in [4.78, 5) is 12.1. The Balaban J connectivity index is 1.49. The molecule has 0 unspecified atom stereocenters. The normalized spacial score (nSPS) is 11.0. The number of hydrogen-bond donors (Lipinski definition) is 1. The van der Waals surface area contributed by atoms with E-state index in [1.165, 1.54) is 18.2 Å². The fourth-order valence-electron chi connectivity index (χ4n) is 2.59. The van der Waals surface area contributed by atoms with E-state index in [0.29, 0.717) is 17.2 Å². The summed E-state index contributed by atoms with van der Waals surface area (Å²) in [6, 6.07) is 15.1. The highest BCUT2D eigenvalue weighted by Gasteiger charge is 2.17. The van der Waals surface area contributed by atoms with Crippen LogP contribution in [0.3, 0.4) is 0 Å². The minimum absolute atomic E-state index is 0.0469. The van der Waals surface area contributed by atoms with Crippen LogP contribution in [0.1, 0.15) is 16.1 Å². The molecule has 7 heteroatoms. The third-order valence-corrected chi connectivity index (χ3v) is 4.16. The first-order chi connectivity index (χ1) is 12.6. The van der Waals surface area contributed by atoms with Crippen LogP contribution >= 0.6 is 11.6 Å². The van der Waals surface area contributed by atoms with Crippen LogP contribution in [0.4, 0.5) is 4.39 Å². The van der Waals surface area contributed by atoms with E-state index in [9.17, 15) is 9.18 Å². The van der Waals surface area contributed by atoms with Gasteiger partial charge in [-0.15, -0.1) is 0 Å². The average molecular weight is 371 g/mol. The van der Waals surface area contributed by atoms with Crippen LogP contribution < -0.4 is 5.32 Å². The maximum atomic E-state index is 13.8.